The molecule has 1 fully saturated rings. The van der Waals surface area contributed by atoms with Crippen molar-refractivity contribution in [1.29, 1.82) is 0 Å². The average Bonchev–Trinajstić information content (AvgIpc) is 2.84. The number of nitrogens with zero attached hydrogens (tertiary/aromatic N) is 1. The van der Waals surface area contributed by atoms with Crippen LogP contribution in [0.5, 0.6) is 0 Å². The van der Waals surface area contributed by atoms with Crippen LogP contribution in [-0.2, 0) is 4.79 Å². The molecule has 0 radical (unpaired) electrons. The van der Waals surface area contributed by atoms with Crippen LogP contribution in [0.25, 0.3) is 0 Å². The van der Waals surface area contributed by atoms with Gasteiger partial charge >= 0.3 is 5.97 Å². The van der Waals surface area contributed by atoms with E-state index >= 15 is 0 Å². The third-order valence-corrected chi connectivity index (χ3v) is 3.97. The van der Waals surface area contributed by atoms with Crippen LogP contribution in [0.15, 0.2) is 16.7 Å². The number of carbonyl (C=O) groups excluding carboxylic acids is 1. The zero-order chi connectivity index (χ0) is 14.0. The molecular formula is C14H19NO4. The molecule has 1 aliphatic rings. The number of amides is 1. The second kappa shape index (κ2) is 5.07. The predicted molar refractivity (Wildman–Crippen MR) is 68.9 cm³/mol. The van der Waals surface area contributed by atoms with Crippen LogP contribution < -0.4 is 0 Å². The van der Waals surface area contributed by atoms with Crippen LogP contribution in [0, 0.1) is 12.3 Å². The zero-order valence-corrected chi connectivity index (χ0v) is 11.3. The molecule has 2 heterocycles. The van der Waals surface area contributed by atoms with Crippen molar-refractivity contribution in [3.05, 3.63) is 23.7 Å². The van der Waals surface area contributed by atoms with Gasteiger partial charge in [-0.1, -0.05) is 6.92 Å². The van der Waals surface area contributed by atoms with Gasteiger partial charge in [-0.15, -0.1) is 0 Å². The average molecular weight is 265 g/mol. The Morgan fingerprint density at radius 1 is 1.53 bits per heavy atom. The molecule has 1 aromatic rings. The van der Waals surface area contributed by atoms with E-state index in [9.17, 15) is 14.7 Å². The first-order valence-corrected chi connectivity index (χ1v) is 6.56. The first-order chi connectivity index (χ1) is 8.98. The predicted octanol–water partition coefficient (Wildman–Crippen LogP) is 2.31. The molecule has 1 saturated heterocycles. The first kappa shape index (κ1) is 13.6. The number of hydrogen-bond donors (Lipinski definition) is 1. The molecule has 0 spiro atoms. The van der Waals surface area contributed by atoms with Gasteiger partial charge in [0.1, 0.15) is 12.0 Å². The van der Waals surface area contributed by atoms with Gasteiger partial charge in [-0.2, -0.15) is 0 Å². The van der Waals surface area contributed by atoms with Gasteiger partial charge in [0.25, 0.3) is 5.91 Å². The van der Waals surface area contributed by atoms with Crippen molar-refractivity contribution >= 4 is 11.9 Å². The summed E-state index contributed by atoms with van der Waals surface area (Å²) < 4.78 is 5.14. The summed E-state index contributed by atoms with van der Waals surface area (Å²) >= 11 is 0. The van der Waals surface area contributed by atoms with Gasteiger partial charge < -0.3 is 14.4 Å². The van der Waals surface area contributed by atoms with Gasteiger partial charge in [-0.3, -0.25) is 9.59 Å². The topological polar surface area (TPSA) is 70.8 Å². The SMILES string of the molecule is CCC1(C(=O)O)CCCN(C(=O)c2coc(C)c2)C1. The Morgan fingerprint density at radius 3 is 2.79 bits per heavy atom. The fourth-order valence-electron chi connectivity index (χ4n) is 2.66. The van der Waals surface area contributed by atoms with Gasteiger partial charge in [-0.25, -0.2) is 0 Å². The lowest BCUT2D eigenvalue weighted by Gasteiger charge is -2.39. The minimum Gasteiger partial charge on any atom is -0.481 e. The number of likely N-dealkylation sites (tertiary alicyclic amines) is 1. The highest BCUT2D eigenvalue weighted by atomic mass is 16.4. The summed E-state index contributed by atoms with van der Waals surface area (Å²) in [5.74, 6) is -0.271. The van der Waals surface area contributed by atoms with Crippen LogP contribution >= 0.6 is 0 Å². The minimum absolute atomic E-state index is 0.143. The standard InChI is InChI=1S/C14H19NO4/c1-3-14(13(17)18)5-4-6-15(9-14)12(16)11-7-10(2)19-8-11/h7-8H,3-6,9H2,1-2H3,(H,17,18). The number of aryl methyl sites for hydroxylation is 1. The van der Waals surface area contributed by atoms with Crippen LogP contribution in [0.3, 0.4) is 0 Å². The van der Waals surface area contributed by atoms with Crippen LogP contribution in [0.4, 0.5) is 0 Å². The van der Waals surface area contributed by atoms with E-state index in [0.29, 0.717) is 30.7 Å². The molecule has 1 unspecified atom stereocenters. The lowest BCUT2D eigenvalue weighted by molar-refractivity contribution is -0.152. The number of aliphatic carboxylic acids is 1. The van der Waals surface area contributed by atoms with E-state index in [1.807, 2.05) is 6.92 Å². The van der Waals surface area contributed by atoms with Crippen molar-refractivity contribution in [3.63, 3.8) is 0 Å². The molecule has 5 heteroatoms. The summed E-state index contributed by atoms with van der Waals surface area (Å²) in [7, 11) is 0. The molecule has 1 amide bonds. The molecule has 1 atom stereocenters. The van der Waals surface area contributed by atoms with E-state index in [2.05, 4.69) is 0 Å². The molecule has 1 N–H and O–H groups in total. The van der Waals surface area contributed by atoms with Gasteiger partial charge in [0, 0.05) is 13.1 Å². The molecule has 0 aromatic carbocycles. The molecule has 2 rings (SSSR count). The molecule has 1 aliphatic heterocycles. The smallest absolute Gasteiger partial charge is 0.311 e. The summed E-state index contributed by atoms with van der Waals surface area (Å²) in [6.45, 7) is 4.53. The van der Waals surface area contributed by atoms with Gasteiger partial charge in [0.05, 0.1) is 11.0 Å². The lowest BCUT2D eigenvalue weighted by Crippen LogP contribution is -2.49. The van der Waals surface area contributed by atoms with Crippen molar-refractivity contribution in [1.82, 2.24) is 4.90 Å². The number of carboxylic acids is 1. The normalized spacial score (nSPS) is 23.4. The molecule has 104 valence electrons. The van der Waals surface area contributed by atoms with Gasteiger partial charge in [0.15, 0.2) is 0 Å². The fraction of sp³-hybridized carbons (Fsp3) is 0.571. The zero-order valence-electron chi connectivity index (χ0n) is 11.3. The van der Waals surface area contributed by atoms with E-state index in [1.54, 1.807) is 17.9 Å². The van der Waals surface area contributed by atoms with Crippen molar-refractivity contribution < 1.29 is 19.1 Å². The Kier molecular flexibility index (Phi) is 3.64. The first-order valence-electron chi connectivity index (χ1n) is 6.56. The highest BCUT2D eigenvalue weighted by Crippen LogP contribution is 2.34. The molecule has 0 aliphatic carbocycles. The maximum atomic E-state index is 12.3. The van der Waals surface area contributed by atoms with Crippen molar-refractivity contribution in [2.24, 2.45) is 5.41 Å². The Morgan fingerprint density at radius 2 is 2.26 bits per heavy atom. The molecule has 19 heavy (non-hydrogen) atoms. The van der Waals surface area contributed by atoms with Crippen molar-refractivity contribution in [3.8, 4) is 0 Å². The van der Waals surface area contributed by atoms with Gasteiger partial charge in [-0.05, 0) is 32.3 Å². The van der Waals surface area contributed by atoms with E-state index in [4.69, 9.17) is 4.42 Å². The Hall–Kier alpha value is -1.78. The largest absolute Gasteiger partial charge is 0.481 e. The summed E-state index contributed by atoms with van der Waals surface area (Å²) in [6.07, 6.45) is 3.33. The highest BCUT2D eigenvalue weighted by molar-refractivity contribution is 5.94. The number of piperidine rings is 1. The summed E-state index contributed by atoms with van der Waals surface area (Å²) in [4.78, 5) is 25.4. The quantitative estimate of drug-likeness (QED) is 0.910. The van der Waals surface area contributed by atoms with Crippen LogP contribution in [-0.4, -0.2) is 35.0 Å². The second-order valence-corrected chi connectivity index (χ2v) is 5.22. The Balaban J connectivity index is 2.17. The molecule has 1 aromatic heterocycles. The van der Waals surface area contributed by atoms with Crippen molar-refractivity contribution in [2.75, 3.05) is 13.1 Å². The number of carbonyl (C=O) groups is 2. The third kappa shape index (κ3) is 2.50. The van der Waals surface area contributed by atoms with Crippen molar-refractivity contribution in [2.45, 2.75) is 33.1 Å². The molecule has 0 bridgehead atoms. The Bertz CT molecular complexity index is 493. The van der Waals surface area contributed by atoms with E-state index in [-0.39, 0.29) is 12.5 Å². The minimum atomic E-state index is -0.809. The maximum Gasteiger partial charge on any atom is 0.311 e. The van der Waals surface area contributed by atoms with E-state index in [0.717, 1.165) is 6.42 Å². The molecular weight excluding hydrogens is 246 g/mol. The van der Waals surface area contributed by atoms with Crippen LogP contribution in [0.1, 0.15) is 42.3 Å². The molecule has 5 nitrogen and oxygen atoms in total. The Labute approximate surface area is 112 Å². The third-order valence-electron chi connectivity index (χ3n) is 3.97. The summed E-state index contributed by atoms with van der Waals surface area (Å²) in [6, 6.07) is 1.69. The number of rotatable bonds is 3. The maximum absolute atomic E-state index is 12.3. The summed E-state index contributed by atoms with van der Waals surface area (Å²) in [5.41, 5.74) is -0.304. The fourth-order valence-corrected chi connectivity index (χ4v) is 2.66. The number of furan rings is 1. The lowest BCUT2D eigenvalue weighted by atomic mass is 9.77. The molecule has 0 saturated carbocycles. The monoisotopic (exact) mass is 265 g/mol. The number of hydrogen-bond acceptors (Lipinski definition) is 3. The number of carboxylic acid groups (broad SMARTS) is 1. The second-order valence-electron chi connectivity index (χ2n) is 5.22. The van der Waals surface area contributed by atoms with Gasteiger partial charge in [0.2, 0.25) is 0 Å². The van der Waals surface area contributed by atoms with E-state index in [1.165, 1.54) is 6.26 Å². The van der Waals surface area contributed by atoms with Crippen LogP contribution in [0.2, 0.25) is 0 Å². The van der Waals surface area contributed by atoms with E-state index < -0.39 is 11.4 Å². The highest BCUT2D eigenvalue weighted by Gasteiger charge is 2.42. The summed E-state index contributed by atoms with van der Waals surface area (Å²) in [5, 5.41) is 9.41.